The van der Waals surface area contributed by atoms with Crippen molar-refractivity contribution >= 4 is 35.1 Å². The number of benzene rings is 1. The Morgan fingerprint density at radius 2 is 2.03 bits per heavy atom. The fraction of sp³-hybridized carbons (Fsp3) is 0.357. The molecule has 2 aromatic heterocycles. The number of imidazole rings is 1. The van der Waals surface area contributed by atoms with E-state index in [1.165, 1.54) is 11.3 Å². The van der Waals surface area contributed by atoms with Crippen molar-refractivity contribution in [3.05, 3.63) is 71.0 Å². The summed E-state index contributed by atoms with van der Waals surface area (Å²) < 4.78 is 4.25. The zero-order chi connectivity index (χ0) is 25.1. The number of carbonyl (C=O) groups excluding carboxylic acids is 2. The lowest BCUT2D eigenvalue weighted by Crippen LogP contribution is -2.39. The predicted molar refractivity (Wildman–Crippen MR) is 139 cm³/mol. The number of carbonyl (C=O) groups is 2. The number of aryl methyl sites for hydroxylation is 1. The SMILES string of the molecule is CN(C)C(=O)[C@@H]1CC2=C3C=NC(C(N)=O)C3=Cn3c(cc4ccccc43)C2CC1Cc1cncn1C. The maximum absolute atomic E-state index is 13.5. The standard InChI is InChI=1S/C28H30N6O2/c1-32(2)28(36)19-11-20-21(9-17(19)8-18-12-30-15-33(18)3)25-10-16-6-4-5-7-24(16)34(25)14-23-22(20)13-31-26(23)27(29)35/h4-7,10,12-15,17,19,21,26H,8-9,11H2,1-3H3,(H2,29,35)/t17?,19-,21?,26?/m1/s1. The van der Waals surface area contributed by atoms with Crippen LogP contribution in [-0.4, -0.2) is 57.2 Å². The lowest BCUT2D eigenvalue weighted by molar-refractivity contribution is -0.135. The molecule has 2 aliphatic heterocycles. The molecule has 8 heteroatoms. The molecular formula is C28H30N6O2. The number of hydrogen-bond acceptors (Lipinski definition) is 4. The molecule has 4 atom stereocenters. The average molecular weight is 483 g/mol. The number of rotatable bonds is 4. The van der Waals surface area contributed by atoms with Gasteiger partial charge in [0, 0.05) is 73.9 Å². The van der Waals surface area contributed by atoms with Gasteiger partial charge in [-0.2, -0.15) is 0 Å². The van der Waals surface area contributed by atoms with Gasteiger partial charge in [0.1, 0.15) is 0 Å². The van der Waals surface area contributed by atoms with E-state index in [0.717, 1.165) is 40.6 Å². The summed E-state index contributed by atoms with van der Waals surface area (Å²) in [4.78, 5) is 36.3. The first kappa shape index (κ1) is 22.5. The minimum Gasteiger partial charge on any atom is -0.368 e. The molecule has 1 aromatic carbocycles. The van der Waals surface area contributed by atoms with Crippen LogP contribution in [0.25, 0.3) is 17.1 Å². The van der Waals surface area contributed by atoms with Gasteiger partial charge in [0.2, 0.25) is 11.8 Å². The van der Waals surface area contributed by atoms with Crippen LogP contribution in [0.2, 0.25) is 0 Å². The van der Waals surface area contributed by atoms with Crippen LogP contribution in [-0.2, 0) is 23.1 Å². The van der Waals surface area contributed by atoms with Gasteiger partial charge in [-0.05, 0) is 42.9 Å². The summed E-state index contributed by atoms with van der Waals surface area (Å²) >= 11 is 0. The molecule has 2 amide bonds. The van der Waals surface area contributed by atoms with E-state index in [-0.39, 0.29) is 23.7 Å². The second-order valence-electron chi connectivity index (χ2n) is 10.4. The first-order valence-electron chi connectivity index (χ1n) is 12.4. The van der Waals surface area contributed by atoms with E-state index in [2.05, 4.69) is 32.7 Å². The fourth-order valence-electron chi connectivity index (χ4n) is 6.28. The zero-order valence-electron chi connectivity index (χ0n) is 20.8. The van der Waals surface area contributed by atoms with Crippen LogP contribution in [0.3, 0.4) is 0 Å². The molecule has 2 N–H and O–H groups in total. The predicted octanol–water partition coefficient (Wildman–Crippen LogP) is 2.90. The van der Waals surface area contributed by atoms with Crippen molar-refractivity contribution in [1.82, 2.24) is 19.0 Å². The summed E-state index contributed by atoms with van der Waals surface area (Å²) in [6, 6.07) is 9.83. The lowest BCUT2D eigenvalue weighted by Gasteiger charge is -2.39. The molecule has 4 heterocycles. The molecule has 184 valence electrons. The van der Waals surface area contributed by atoms with Crippen molar-refractivity contribution in [3.8, 4) is 0 Å². The Hall–Kier alpha value is -3.94. The van der Waals surface area contributed by atoms with E-state index in [9.17, 15) is 9.59 Å². The number of hydrogen-bond donors (Lipinski definition) is 1. The number of amides is 2. The summed E-state index contributed by atoms with van der Waals surface area (Å²) in [5, 5.41) is 1.15. The van der Waals surface area contributed by atoms with Crippen LogP contribution in [0.4, 0.5) is 0 Å². The van der Waals surface area contributed by atoms with Crippen LogP contribution in [0.15, 0.2) is 64.6 Å². The van der Waals surface area contributed by atoms with Crippen molar-refractivity contribution in [2.24, 2.45) is 29.6 Å². The second kappa shape index (κ2) is 8.33. The molecule has 8 nitrogen and oxygen atoms in total. The highest BCUT2D eigenvalue weighted by Crippen LogP contribution is 2.50. The van der Waals surface area contributed by atoms with Gasteiger partial charge in [-0.15, -0.1) is 0 Å². The Morgan fingerprint density at radius 3 is 2.75 bits per heavy atom. The maximum Gasteiger partial charge on any atom is 0.246 e. The third kappa shape index (κ3) is 3.43. The first-order valence-corrected chi connectivity index (χ1v) is 12.4. The minimum absolute atomic E-state index is 0.101. The molecule has 0 spiro atoms. The van der Waals surface area contributed by atoms with Crippen molar-refractivity contribution in [2.45, 2.75) is 31.2 Å². The van der Waals surface area contributed by atoms with Crippen LogP contribution in [0.5, 0.6) is 0 Å². The molecule has 3 aliphatic rings. The van der Waals surface area contributed by atoms with Crippen LogP contribution in [0, 0.1) is 11.8 Å². The Morgan fingerprint density at radius 1 is 1.22 bits per heavy atom. The molecule has 1 aliphatic carbocycles. The molecular weight excluding hydrogens is 452 g/mol. The summed E-state index contributed by atoms with van der Waals surface area (Å²) in [5.41, 5.74) is 12.1. The molecule has 3 aromatic rings. The monoisotopic (exact) mass is 482 g/mol. The number of aromatic nitrogens is 3. The lowest BCUT2D eigenvalue weighted by atomic mass is 9.67. The van der Waals surface area contributed by atoms with Gasteiger partial charge in [0.05, 0.1) is 11.8 Å². The van der Waals surface area contributed by atoms with Gasteiger partial charge in [0.25, 0.3) is 0 Å². The third-order valence-electron chi connectivity index (χ3n) is 8.09. The number of para-hydroxylation sites is 1. The van der Waals surface area contributed by atoms with E-state index < -0.39 is 11.9 Å². The zero-order valence-corrected chi connectivity index (χ0v) is 20.8. The van der Waals surface area contributed by atoms with Gasteiger partial charge >= 0.3 is 0 Å². The molecule has 3 unspecified atom stereocenters. The van der Waals surface area contributed by atoms with Crippen molar-refractivity contribution in [2.75, 3.05) is 14.1 Å². The van der Waals surface area contributed by atoms with Crippen LogP contribution >= 0.6 is 0 Å². The number of nitrogens with two attached hydrogens (primary N) is 1. The van der Waals surface area contributed by atoms with E-state index in [0.29, 0.717) is 6.42 Å². The normalized spacial score (nSPS) is 24.7. The minimum atomic E-state index is -0.713. The molecule has 1 saturated carbocycles. The highest BCUT2D eigenvalue weighted by molar-refractivity contribution is 6.02. The summed E-state index contributed by atoms with van der Waals surface area (Å²) in [6.07, 6.45) is 9.77. The Bertz CT molecular complexity index is 1490. The van der Waals surface area contributed by atoms with Crippen LogP contribution < -0.4 is 5.73 Å². The van der Waals surface area contributed by atoms with Gasteiger partial charge in [0.15, 0.2) is 6.04 Å². The number of aliphatic imine (C=N–C) groups is 1. The molecule has 0 bridgehead atoms. The molecule has 36 heavy (non-hydrogen) atoms. The topological polar surface area (TPSA) is 98.5 Å². The Balaban J connectivity index is 1.53. The van der Waals surface area contributed by atoms with E-state index in [1.807, 2.05) is 56.6 Å². The molecule has 0 saturated heterocycles. The molecule has 6 rings (SSSR count). The third-order valence-corrected chi connectivity index (χ3v) is 8.09. The fourth-order valence-corrected chi connectivity index (χ4v) is 6.28. The number of primary amides is 1. The van der Waals surface area contributed by atoms with E-state index >= 15 is 0 Å². The Kier molecular flexibility index (Phi) is 5.21. The highest BCUT2D eigenvalue weighted by atomic mass is 16.2. The largest absolute Gasteiger partial charge is 0.368 e. The second-order valence-corrected chi connectivity index (χ2v) is 10.4. The maximum atomic E-state index is 13.5. The quantitative estimate of drug-likeness (QED) is 0.619. The average Bonchev–Trinajstić information content (AvgIpc) is 3.54. The summed E-state index contributed by atoms with van der Waals surface area (Å²) in [7, 11) is 5.65. The van der Waals surface area contributed by atoms with Gasteiger partial charge in [-0.1, -0.05) is 23.8 Å². The van der Waals surface area contributed by atoms with Crippen molar-refractivity contribution < 1.29 is 9.59 Å². The van der Waals surface area contributed by atoms with Crippen LogP contribution in [0.1, 0.15) is 30.1 Å². The summed E-state index contributed by atoms with van der Waals surface area (Å²) in [6.45, 7) is 0. The first-order chi connectivity index (χ1) is 17.3. The van der Waals surface area contributed by atoms with Gasteiger partial charge in [-0.25, -0.2) is 4.98 Å². The van der Waals surface area contributed by atoms with Gasteiger partial charge < -0.3 is 19.8 Å². The van der Waals surface area contributed by atoms with E-state index in [4.69, 9.17) is 5.73 Å². The highest BCUT2D eigenvalue weighted by Gasteiger charge is 2.44. The van der Waals surface area contributed by atoms with Crippen molar-refractivity contribution in [1.29, 1.82) is 0 Å². The molecule has 0 radical (unpaired) electrons. The smallest absolute Gasteiger partial charge is 0.246 e. The van der Waals surface area contributed by atoms with Gasteiger partial charge in [-0.3, -0.25) is 14.6 Å². The van der Waals surface area contributed by atoms with E-state index in [1.54, 1.807) is 11.1 Å². The number of fused-ring (bicyclic) bond motifs is 6. The molecule has 1 fully saturated rings. The number of nitrogens with zero attached hydrogens (tertiary/aromatic N) is 5. The number of allylic oxidation sites excluding steroid dienone is 1. The summed E-state index contributed by atoms with van der Waals surface area (Å²) in [5.74, 6) is -0.265. The Labute approximate surface area is 209 Å². The van der Waals surface area contributed by atoms with Crippen molar-refractivity contribution in [3.63, 3.8) is 0 Å².